The minimum absolute atomic E-state index is 0.0642. The fourth-order valence-electron chi connectivity index (χ4n) is 1.62. The van der Waals surface area contributed by atoms with Crippen LogP contribution in [0, 0.1) is 0 Å². The fraction of sp³-hybridized carbons (Fsp3) is 0.500. The monoisotopic (exact) mass is 309 g/mol. The normalized spacial score (nSPS) is 13.6. The maximum absolute atomic E-state index is 11.0. The van der Waals surface area contributed by atoms with Crippen molar-refractivity contribution in [1.29, 1.82) is 0 Å². The molecule has 3 nitrogen and oxygen atoms in total. The van der Waals surface area contributed by atoms with Crippen molar-refractivity contribution in [3.63, 3.8) is 0 Å². The van der Waals surface area contributed by atoms with Gasteiger partial charge in [-0.2, -0.15) is 0 Å². The van der Waals surface area contributed by atoms with E-state index in [9.17, 15) is 8.42 Å². The largest absolute Gasteiger partial charge is 0.310 e. The third-order valence-electron chi connectivity index (χ3n) is 2.57. The Morgan fingerprint density at radius 3 is 2.56 bits per heavy atom. The summed E-state index contributed by atoms with van der Waals surface area (Å²) in [6.45, 7) is 2.61. The highest BCUT2D eigenvalue weighted by molar-refractivity contribution is 7.90. The van der Waals surface area contributed by atoms with Crippen LogP contribution in [0.3, 0.4) is 0 Å². The van der Waals surface area contributed by atoms with Crippen LogP contribution in [0.2, 0.25) is 10.0 Å². The maximum atomic E-state index is 11.0. The Morgan fingerprint density at radius 2 is 2.00 bits per heavy atom. The van der Waals surface area contributed by atoms with Crippen molar-refractivity contribution in [2.24, 2.45) is 0 Å². The van der Waals surface area contributed by atoms with Crippen molar-refractivity contribution in [2.75, 3.05) is 18.6 Å². The van der Waals surface area contributed by atoms with Gasteiger partial charge in [0.15, 0.2) is 0 Å². The highest BCUT2D eigenvalue weighted by Crippen LogP contribution is 2.25. The Labute approximate surface area is 118 Å². The van der Waals surface area contributed by atoms with Gasteiger partial charge in [-0.25, -0.2) is 8.42 Å². The molecule has 0 spiro atoms. The van der Waals surface area contributed by atoms with E-state index >= 15 is 0 Å². The molecule has 18 heavy (non-hydrogen) atoms. The molecule has 0 aliphatic carbocycles. The second-order valence-corrected chi connectivity index (χ2v) is 7.43. The molecule has 1 aromatic carbocycles. The van der Waals surface area contributed by atoms with Crippen LogP contribution >= 0.6 is 23.2 Å². The molecule has 0 heterocycles. The quantitative estimate of drug-likeness (QED) is 0.821. The Hall–Kier alpha value is -0.290. The second-order valence-electron chi connectivity index (χ2n) is 4.33. The molecule has 0 radical (unpaired) electrons. The first-order valence-electron chi connectivity index (χ1n) is 5.65. The fourth-order valence-corrected chi connectivity index (χ4v) is 2.86. The minimum atomic E-state index is -2.88. The molecular weight excluding hydrogens is 293 g/mol. The van der Waals surface area contributed by atoms with Gasteiger partial charge in [0.2, 0.25) is 0 Å². The molecule has 102 valence electrons. The molecule has 0 saturated heterocycles. The summed E-state index contributed by atoms with van der Waals surface area (Å²) in [5, 5.41) is 4.46. The molecule has 1 aromatic rings. The summed E-state index contributed by atoms with van der Waals surface area (Å²) in [6.07, 6.45) is 1.83. The summed E-state index contributed by atoms with van der Waals surface area (Å²) >= 11 is 11.9. The number of benzene rings is 1. The van der Waals surface area contributed by atoms with Crippen molar-refractivity contribution in [3.8, 4) is 0 Å². The zero-order valence-electron chi connectivity index (χ0n) is 10.4. The van der Waals surface area contributed by atoms with Gasteiger partial charge < -0.3 is 5.32 Å². The molecule has 0 aromatic heterocycles. The molecular formula is C12H17Cl2NO2S. The molecule has 0 aliphatic rings. The van der Waals surface area contributed by atoms with Crippen LogP contribution in [-0.2, 0) is 9.84 Å². The van der Waals surface area contributed by atoms with Crippen LogP contribution in [0.15, 0.2) is 18.2 Å². The number of sulfone groups is 1. The van der Waals surface area contributed by atoms with Crippen molar-refractivity contribution < 1.29 is 8.42 Å². The average Bonchev–Trinajstić information content (AvgIpc) is 2.22. The lowest BCUT2D eigenvalue weighted by Crippen LogP contribution is -2.22. The van der Waals surface area contributed by atoms with Gasteiger partial charge in [-0.05, 0) is 37.6 Å². The summed E-state index contributed by atoms with van der Waals surface area (Å²) in [5.41, 5.74) is 0.959. The van der Waals surface area contributed by atoms with E-state index in [0.29, 0.717) is 23.0 Å². The molecule has 0 aliphatic heterocycles. The van der Waals surface area contributed by atoms with Crippen LogP contribution in [0.25, 0.3) is 0 Å². The zero-order chi connectivity index (χ0) is 13.8. The molecule has 0 amide bonds. The van der Waals surface area contributed by atoms with E-state index in [-0.39, 0.29) is 11.8 Å². The third-order valence-corrected chi connectivity index (χ3v) is 4.16. The van der Waals surface area contributed by atoms with E-state index < -0.39 is 9.84 Å². The predicted octanol–water partition coefficient (Wildman–Crippen LogP) is 3.08. The number of hydrogen-bond donors (Lipinski definition) is 1. The van der Waals surface area contributed by atoms with Crippen molar-refractivity contribution in [3.05, 3.63) is 33.8 Å². The standard InChI is InChI=1S/C12H17Cl2NO2S/c1-9(15-6-3-7-18(2,16)17)11-5-4-10(13)8-12(11)14/h4-5,8-9,15H,3,6-7H2,1-2H3. The van der Waals surface area contributed by atoms with Gasteiger partial charge in [0.05, 0.1) is 5.75 Å². The predicted molar refractivity (Wildman–Crippen MR) is 77.2 cm³/mol. The first-order valence-corrected chi connectivity index (χ1v) is 8.47. The Morgan fingerprint density at radius 1 is 1.33 bits per heavy atom. The van der Waals surface area contributed by atoms with E-state index in [1.54, 1.807) is 12.1 Å². The summed E-state index contributed by atoms with van der Waals surface area (Å²) in [7, 11) is -2.88. The van der Waals surface area contributed by atoms with E-state index in [0.717, 1.165) is 5.56 Å². The van der Waals surface area contributed by atoms with Crippen LogP contribution < -0.4 is 5.32 Å². The molecule has 1 N–H and O–H groups in total. The molecule has 0 saturated carbocycles. The first-order chi connectivity index (χ1) is 8.29. The van der Waals surface area contributed by atoms with Gasteiger partial charge in [0.25, 0.3) is 0 Å². The molecule has 1 unspecified atom stereocenters. The number of rotatable bonds is 6. The van der Waals surface area contributed by atoms with E-state index in [2.05, 4.69) is 5.32 Å². The zero-order valence-corrected chi connectivity index (χ0v) is 12.7. The lowest BCUT2D eigenvalue weighted by molar-refractivity contribution is 0.562. The van der Waals surface area contributed by atoms with Crippen LogP contribution in [0.1, 0.15) is 24.9 Å². The lowest BCUT2D eigenvalue weighted by Gasteiger charge is -2.15. The van der Waals surface area contributed by atoms with Crippen LogP contribution in [0.4, 0.5) is 0 Å². The first kappa shape index (κ1) is 15.8. The van der Waals surface area contributed by atoms with E-state index in [1.165, 1.54) is 6.26 Å². The second kappa shape index (κ2) is 6.75. The maximum Gasteiger partial charge on any atom is 0.147 e. The van der Waals surface area contributed by atoms with Gasteiger partial charge in [-0.1, -0.05) is 29.3 Å². The highest BCUT2D eigenvalue weighted by atomic mass is 35.5. The minimum Gasteiger partial charge on any atom is -0.310 e. The summed E-state index contributed by atoms with van der Waals surface area (Å²) in [5.74, 6) is 0.196. The van der Waals surface area contributed by atoms with Gasteiger partial charge in [-0.15, -0.1) is 0 Å². The third kappa shape index (κ3) is 5.57. The van der Waals surface area contributed by atoms with Gasteiger partial charge in [0, 0.05) is 22.3 Å². The molecule has 1 atom stereocenters. The number of hydrogen-bond acceptors (Lipinski definition) is 3. The number of nitrogens with one attached hydrogen (secondary N) is 1. The Bertz CT molecular complexity index is 503. The molecule has 6 heteroatoms. The van der Waals surface area contributed by atoms with E-state index in [1.807, 2.05) is 13.0 Å². The summed E-state index contributed by atoms with van der Waals surface area (Å²) in [4.78, 5) is 0. The van der Waals surface area contributed by atoms with Crippen molar-refractivity contribution in [1.82, 2.24) is 5.32 Å². The van der Waals surface area contributed by atoms with Crippen molar-refractivity contribution in [2.45, 2.75) is 19.4 Å². The lowest BCUT2D eigenvalue weighted by atomic mass is 10.1. The Kier molecular flexibility index (Phi) is 5.92. The van der Waals surface area contributed by atoms with Crippen molar-refractivity contribution >= 4 is 33.0 Å². The molecule has 0 fully saturated rings. The molecule has 0 bridgehead atoms. The van der Waals surface area contributed by atoms with E-state index in [4.69, 9.17) is 23.2 Å². The topological polar surface area (TPSA) is 46.2 Å². The Balaban J connectivity index is 2.48. The van der Waals surface area contributed by atoms with Crippen LogP contribution in [-0.4, -0.2) is 27.0 Å². The molecule has 1 rings (SSSR count). The highest BCUT2D eigenvalue weighted by Gasteiger charge is 2.09. The van der Waals surface area contributed by atoms with Gasteiger partial charge in [-0.3, -0.25) is 0 Å². The summed E-state index contributed by atoms with van der Waals surface area (Å²) < 4.78 is 21.9. The SMILES string of the molecule is CC(NCCCS(C)(=O)=O)c1ccc(Cl)cc1Cl. The number of halogens is 2. The van der Waals surface area contributed by atoms with Crippen LogP contribution in [0.5, 0.6) is 0 Å². The smallest absolute Gasteiger partial charge is 0.147 e. The van der Waals surface area contributed by atoms with Gasteiger partial charge in [0.1, 0.15) is 9.84 Å². The average molecular weight is 310 g/mol. The summed E-state index contributed by atoms with van der Waals surface area (Å²) in [6, 6.07) is 5.43. The van der Waals surface area contributed by atoms with Gasteiger partial charge >= 0.3 is 0 Å².